The second-order valence-electron chi connectivity index (χ2n) is 7.44. The molecule has 0 spiro atoms. The first-order chi connectivity index (χ1) is 11.0. The van der Waals surface area contributed by atoms with Crippen LogP contribution in [0.3, 0.4) is 0 Å². The predicted octanol–water partition coefficient (Wildman–Crippen LogP) is 1.01. The van der Waals surface area contributed by atoms with Gasteiger partial charge in [0.15, 0.2) is 0 Å². The average Bonchev–Trinajstić information content (AvgIpc) is 3.30. The molecule has 2 aliphatic rings. The van der Waals surface area contributed by atoms with Crippen LogP contribution in [0.25, 0.3) is 0 Å². The number of rotatable bonds is 5. The fourth-order valence-electron chi connectivity index (χ4n) is 3.57. The predicted molar refractivity (Wildman–Crippen MR) is 90.5 cm³/mol. The van der Waals surface area contributed by atoms with Crippen LogP contribution in [-0.2, 0) is 6.54 Å². The lowest BCUT2D eigenvalue weighted by Crippen LogP contribution is -2.45. The normalized spacial score (nSPS) is 24.0. The third-order valence-corrected chi connectivity index (χ3v) is 5.08. The summed E-state index contributed by atoms with van der Waals surface area (Å²) < 4.78 is 0. The van der Waals surface area contributed by atoms with Crippen LogP contribution >= 0.6 is 0 Å². The Morgan fingerprint density at radius 1 is 1.26 bits per heavy atom. The molecule has 1 aromatic rings. The summed E-state index contributed by atoms with van der Waals surface area (Å²) in [5.41, 5.74) is -0.0676. The third-order valence-electron chi connectivity index (χ3n) is 5.08. The van der Waals surface area contributed by atoms with Crippen LogP contribution in [0.5, 0.6) is 0 Å². The molecule has 2 heterocycles. The molecule has 23 heavy (non-hydrogen) atoms. The maximum atomic E-state index is 11.9. The maximum absolute atomic E-state index is 11.9. The highest BCUT2D eigenvalue weighted by atomic mass is 16.2. The lowest BCUT2D eigenvalue weighted by Gasteiger charge is -2.34. The van der Waals surface area contributed by atoms with Gasteiger partial charge in [0.2, 0.25) is 0 Å². The van der Waals surface area contributed by atoms with Crippen molar-refractivity contribution >= 4 is 0 Å². The first kappa shape index (κ1) is 16.5. The third kappa shape index (κ3) is 4.32. The Morgan fingerprint density at radius 2 is 2.04 bits per heavy atom. The van der Waals surface area contributed by atoms with Gasteiger partial charge < -0.3 is 4.98 Å². The number of aromatic amines is 2. The van der Waals surface area contributed by atoms with Crippen LogP contribution in [-0.4, -0.2) is 52.0 Å². The molecule has 0 radical (unpaired) electrons. The van der Waals surface area contributed by atoms with Gasteiger partial charge in [0.1, 0.15) is 0 Å². The molecule has 1 aliphatic carbocycles. The molecule has 1 saturated heterocycles. The molecule has 2 N–H and O–H groups in total. The monoisotopic (exact) mass is 320 g/mol. The standard InChI is InChI=1S/C17H28N4O2/c1-12(2)15-11-20(6-3-7-21(15)9-13-4-5-13)10-14-8-18-17(23)19-16(14)22/h8,12-13,15H,3-7,9-11H2,1-2H3,(H2,18,19,22,23)/t15-/m0/s1. The van der Waals surface area contributed by atoms with E-state index >= 15 is 0 Å². The molecule has 0 unspecified atom stereocenters. The number of hydrogen-bond acceptors (Lipinski definition) is 4. The summed E-state index contributed by atoms with van der Waals surface area (Å²) in [6.07, 6.45) is 5.46. The van der Waals surface area contributed by atoms with Crippen molar-refractivity contribution in [2.45, 2.75) is 45.7 Å². The van der Waals surface area contributed by atoms with Crippen molar-refractivity contribution in [3.63, 3.8) is 0 Å². The highest BCUT2D eigenvalue weighted by Gasteiger charge is 2.32. The Hall–Kier alpha value is -1.40. The van der Waals surface area contributed by atoms with E-state index in [1.54, 1.807) is 6.20 Å². The van der Waals surface area contributed by atoms with Gasteiger partial charge in [0.25, 0.3) is 5.56 Å². The lowest BCUT2D eigenvalue weighted by atomic mass is 10.0. The summed E-state index contributed by atoms with van der Waals surface area (Å²) in [5, 5.41) is 0. The largest absolute Gasteiger partial charge is 0.325 e. The van der Waals surface area contributed by atoms with E-state index in [0.29, 0.717) is 24.1 Å². The topological polar surface area (TPSA) is 72.2 Å². The molecular weight excluding hydrogens is 292 g/mol. The molecule has 0 aromatic carbocycles. The van der Waals surface area contributed by atoms with Crippen molar-refractivity contribution in [2.75, 3.05) is 26.2 Å². The van der Waals surface area contributed by atoms with Crippen LogP contribution in [0.4, 0.5) is 0 Å². The van der Waals surface area contributed by atoms with Crippen molar-refractivity contribution in [2.24, 2.45) is 11.8 Å². The fraction of sp³-hybridized carbons (Fsp3) is 0.765. The molecule has 1 aliphatic heterocycles. The van der Waals surface area contributed by atoms with Gasteiger partial charge in [-0.3, -0.25) is 19.6 Å². The van der Waals surface area contributed by atoms with Gasteiger partial charge >= 0.3 is 5.69 Å². The summed E-state index contributed by atoms with van der Waals surface area (Å²) in [4.78, 5) is 33.0. The Balaban J connectivity index is 1.70. The van der Waals surface area contributed by atoms with Gasteiger partial charge in [0.05, 0.1) is 0 Å². The SMILES string of the molecule is CC(C)[C@@H]1CN(Cc2c[nH]c(=O)[nH]c2=O)CCCN1CC1CC1. The van der Waals surface area contributed by atoms with E-state index in [-0.39, 0.29) is 5.56 Å². The molecule has 6 heteroatoms. The minimum atomic E-state index is -0.440. The average molecular weight is 320 g/mol. The van der Waals surface area contributed by atoms with E-state index in [1.165, 1.54) is 19.4 Å². The minimum absolute atomic E-state index is 0.270. The number of aromatic nitrogens is 2. The van der Waals surface area contributed by atoms with Crippen molar-refractivity contribution < 1.29 is 0 Å². The van der Waals surface area contributed by atoms with E-state index < -0.39 is 5.69 Å². The zero-order chi connectivity index (χ0) is 16.4. The quantitative estimate of drug-likeness (QED) is 0.849. The molecule has 0 bridgehead atoms. The van der Waals surface area contributed by atoms with Crippen LogP contribution in [0.2, 0.25) is 0 Å². The number of nitrogens with one attached hydrogen (secondary N) is 2. The molecule has 1 atom stereocenters. The van der Waals surface area contributed by atoms with Gasteiger partial charge in [-0.25, -0.2) is 4.79 Å². The number of hydrogen-bond donors (Lipinski definition) is 2. The minimum Gasteiger partial charge on any atom is -0.314 e. The molecule has 0 amide bonds. The smallest absolute Gasteiger partial charge is 0.314 e. The molecular formula is C17H28N4O2. The van der Waals surface area contributed by atoms with Crippen LogP contribution in [0.1, 0.15) is 38.7 Å². The summed E-state index contributed by atoms with van der Waals surface area (Å²) >= 11 is 0. The van der Waals surface area contributed by atoms with Crippen LogP contribution in [0.15, 0.2) is 15.8 Å². The Morgan fingerprint density at radius 3 is 2.70 bits per heavy atom. The lowest BCUT2D eigenvalue weighted by molar-refractivity contribution is 0.131. The first-order valence-corrected chi connectivity index (χ1v) is 8.80. The molecule has 3 rings (SSSR count). The van der Waals surface area contributed by atoms with Crippen molar-refractivity contribution in [3.05, 3.63) is 32.6 Å². The molecule has 6 nitrogen and oxygen atoms in total. The molecule has 1 aromatic heterocycles. The van der Waals surface area contributed by atoms with Gasteiger partial charge in [-0.05, 0) is 44.2 Å². The van der Waals surface area contributed by atoms with Crippen molar-refractivity contribution in [3.8, 4) is 0 Å². The summed E-state index contributed by atoms with van der Waals surface area (Å²) in [5.74, 6) is 1.51. The second-order valence-corrected chi connectivity index (χ2v) is 7.44. The van der Waals surface area contributed by atoms with Crippen LogP contribution < -0.4 is 11.2 Å². The fourth-order valence-corrected chi connectivity index (χ4v) is 3.57. The van der Waals surface area contributed by atoms with Crippen molar-refractivity contribution in [1.29, 1.82) is 0 Å². The summed E-state index contributed by atoms with van der Waals surface area (Å²) in [6, 6.07) is 0.542. The molecule has 2 fully saturated rings. The molecule has 1 saturated carbocycles. The van der Waals surface area contributed by atoms with Gasteiger partial charge in [-0.15, -0.1) is 0 Å². The Bertz CT molecular complexity index is 632. The van der Waals surface area contributed by atoms with Gasteiger partial charge in [-0.1, -0.05) is 13.8 Å². The van der Waals surface area contributed by atoms with E-state index in [1.807, 2.05) is 0 Å². The van der Waals surface area contributed by atoms with E-state index in [2.05, 4.69) is 33.6 Å². The van der Waals surface area contributed by atoms with Gasteiger partial charge in [0, 0.05) is 37.4 Å². The number of H-pyrrole nitrogens is 2. The summed E-state index contributed by atoms with van der Waals surface area (Å²) in [7, 11) is 0. The van der Waals surface area contributed by atoms with Crippen LogP contribution in [0, 0.1) is 11.8 Å². The van der Waals surface area contributed by atoms with E-state index in [9.17, 15) is 9.59 Å². The van der Waals surface area contributed by atoms with Gasteiger partial charge in [-0.2, -0.15) is 0 Å². The van der Waals surface area contributed by atoms with Crippen molar-refractivity contribution in [1.82, 2.24) is 19.8 Å². The molecule has 128 valence electrons. The first-order valence-electron chi connectivity index (χ1n) is 8.80. The van der Waals surface area contributed by atoms with E-state index in [4.69, 9.17) is 0 Å². The Kier molecular flexibility index (Phi) is 5.02. The number of nitrogens with zero attached hydrogens (tertiary/aromatic N) is 2. The maximum Gasteiger partial charge on any atom is 0.325 e. The van der Waals surface area contributed by atoms with E-state index in [0.717, 1.165) is 32.0 Å². The zero-order valence-electron chi connectivity index (χ0n) is 14.2. The second kappa shape index (κ2) is 7.01. The Labute approximate surface area is 136 Å². The highest BCUT2D eigenvalue weighted by Crippen LogP contribution is 2.31. The summed E-state index contributed by atoms with van der Waals surface area (Å²) in [6.45, 7) is 9.56. The zero-order valence-corrected chi connectivity index (χ0v) is 14.2. The highest BCUT2D eigenvalue weighted by molar-refractivity contribution is 5.03.